The summed E-state index contributed by atoms with van der Waals surface area (Å²) in [6.45, 7) is 5.84. The molecular formula is C28H32ClNO4. The summed E-state index contributed by atoms with van der Waals surface area (Å²) in [5.41, 5.74) is 3.47. The van der Waals surface area contributed by atoms with Crippen LogP contribution in [0.2, 0.25) is 5.02 Å². The van der Waals surface area contributed by atoms with Crippen LogP contribution in [0.25, 0.3) is 0 Å². The molecule has 2 aliphatic carbocycles. The second kappa shape index (κ2) is 9.27. The summed E-state index contributed by atoms with van der Waals surface area (Å²) in [4.78, 5) is 14.1. The largest absolute Gasteiger partial charge is 0.490 e. The minimum atomic E-state index is -0.942. The molecule has 1 fully saturated rings. The first-order valence-corrected chi connectivity index (χ1v) is 12.6. The summed E-state index contributed by atoms with van der Waals surface area (Å²) in [5, 5.41) is 21.0. The van der Waals surface area contributed by atoms with Gasteiger partial charge in [-0.3, -0.25) is 0 Å². The van der Waals surface area contributed by atoms with Crippen molar-refractivity contribution in [2.75, 3.05) is 24.6 Å². The molecule has 1 unspecified atom stereocenters. The number of halogens is 1. The van der Waals surface area contributed by atoms with Crippen LogP contribution in [0.4, 0.5) is 5.69 Å². The third-order valence-electron chi connectivity index (χ3n) is 8.12. The van der Waals surface area contributed by atoms with Gasteiger partial charge in [0, 0.05) is 23.5 Å². The molecule has 34 heavy (non-hydrogen) atoms. The van der Waals surface area contributed by atoms with E-state index in [0.717, 1.165) is 61.7 Å². The molecule has 6 heteroatoms. The van der Waals surface area contributed by atoms with Crippen molar-refractivity contribution in [3.05, 3.63) is 70.8 Å². The molecule has 0 aromatic heterocycles. The van der Waals surface area contributed by atoms with E-state index in [0.29, 0.717) is 18.9 Å². The number of aliphatic hydroxyl groups excluding tert-OH is 1. The number of fused-ring (bicyclic) bond motifs is 3. The second-order valence-electron chi connectivity index (χ2n) is 10.2. The zero-order valence-electron chi connectivity index (χ0n) is 19.4. The van der Waals surface area contributed by atoms with Gasteiger partial charge in [-0.15, -0.1) is 6.58 Å². The van der Waals surface area contributed by atoms with Gasteiger partial charge in [-0.1, -0.05) is 23.7 Å². The van der Waals surface area contributed by atoms with Crippen molar-refractivity contribution in [2.45, 2.75) is 50.0 Å². The maximum absolute atomic E-state index is 11.8. The van der Waals surface area contributed by atoms with Gasteiger partial charge in [-0.2, -0.15) is 0 Å². The lowest BCUT2D eigenvalue weighted by atomic mass is 9.68. The predicted octanol–water partition coefficient (Wildman–Crippen LogP) is 5.47. The lowest BCUT2D eigenvalue weighted by Crippen LogP contribution is -2.49. The molecule has 2 aromatic carbocycles. The zero-order chi connectivity index (χ0) is 23.9. The van der Waals surface area contributed by atoms with E-state index in [2.05, 4.69) is 23.6 Å². The third kappa shape index (κ3) is 4.20. The van der Waals surface area contributed by atoms with E-state index in [1.54, 1.807) is 24.3 Å². The van der Waals surface area contributed by atoms with Gasteiger partial charge in [0.1, 0.15) is 5.75 Å². The molecule has 5 nitrogen and oxygen atoms in total. The predicted molar refractivity (Wildman–Crippen MR) is 134 cm³/mol. The number of rotatable bonds is 6. The molecule has 1 heterocycles. The molecule has 1 spiro atoms. The van der Waals surface area contributed by atoms with Crippen LogP contribution in [-0.2, 0) is 11.8 Å². The van der Waals surface area contributed by atoms with Crippen molar-refractivity contribution >= 4 is 23.3 Å². The van der Waals surface area contributed by atoms with Crippen LogP contribution >= 0.6 is 11.6 Å². The lowest BCUT2D eigenvalue weighted by molar-refractivity contribution is 0.0178. The minimum absolute atomic E-state index is 0.195. The number of hydrogen-bond acceptors (Lipinski definition) is 4. The summed E-state index contributed by atoms with van der Waals surface area (Å²) in [5.74, 6) is 0.370. The fraction of sp³-hybridized carbons (Fsp3) is 0.464. The Kier molecular flexibility index (Phi) is 6.34. The molecule has 0 radical (unpaired) electrons. The van der Waals surface area contributed by atoms with E-state index in [9.17, 15) is 15.0 Å². The van der Waals surface area contributed by atoms with Gasteiger partial charge in [-0.25, -0.2) is 4.79 Å². The van der Waals surface area contributed by atoms with Crippen LogP contribution in [0.5, 0.6) is 5.75 Å². The van der Waals surface area contributed by atoms with Gasteiger partial charge in [0.15, 0.2) is 0 Å². The molecule has 2 aromatic rings. The van der Waals surface area contributed by atoms with Crippen LogP contribution in [-0.4, -0.2) is 42.0 Å². The number of hydrogen-bond donors (Lipinski definition) is 2. The quantitative estimate of drug-likeness (QED) is 0.535. The molecule has 1 aliphatic heterocycles. The Morgan fingerprint density at radius 2 is 2.15 bits per heavy atom. The van der Waals surface area contributed by atoms with E-state index in [1.165, 1.54) is 11.1 Å². The van der Waals surface area contributed by atoms with Crippen molar-refractivity contribution in [2.24, 2.45) is 11.8 Å². The number of aryl methyl sites for hydroxylation is 1. The van der Waals surface area contributed by atoms with Crippen molar-refractivity contribution in [1.82, 2.24) is 0 Å². The lowest BCUT2D eigenvalue weighted by Gasteiger charge is -2.45. The number of aliphatic hydroxyl groups is 1. The Labute approximate surface area is 206 Å². The summed E-state index contributed by atoms with van der Waals surface area (Å²) in [6.07, 6.45) is 7.15. The van der Waals surface area contributed by atoms with Crippen molar-refractivity contribution < 1.29 is 19.7 Å². The third-order valence-corrected chi connectivity index (χ3v) is 8.35. The highest BCUT2D eigenvalue weighted by atomic mass is 35.5. The highest BCUT2D eigenvalue weighted by Gasteiger charge is 2.44. The number of carboxylic acid groups (broad SMARTS) is 1. The van der Waals surface area contributed by atoms with Gasteiger partial charge in [-0.05, 0) is 91.8 Å². The van der Waals surface area contributed by atoms with Gasteiger partial charge < -0.3 is 19.8 Å². The first-order valence-electron chi connectivity index (χ1n) is 12.2. The average Bonchev–Trinajstić information content (AvgIpc) is 2.94. The van der Waals surface area contributed by atoms with Crippen LogP contribution in [0, 0.1) is 11.8 Å². The molecule has 2 N–H and O–H groups in total. The van der Waals surface area contributed by atoms with E-state index >= 15 is 0 Å². The number of carboxylic acids is 1. The summed E-state index contributed by atoms with van der Waals surface area (Å²) >= 11 is 6.32. The normalized spacial score (nSPS) is 26.5. The number of benzene rings is 2. The van der Waals surface area contributed by atoms with Gasteiger partial charge in [0.25, 0.3) is 0 Å². The second-order valence-corrected chi connectivity index (χ2v) is 10.6. The minimum Gasteiger partial charge on any atom is -0.490 e. The highest BCUT2D eigenvalue weighted by molar-refractivity contribution is 6.30. The fourth-order valence-corrected chi connectivity index (χ4v) is 6.40. The van der Waals surface area contributed by atoms with Crippen LogP contribution in [0.3, 0.4) is 0 Å². The van der Waals surface area contributed by atoms with E-state index in [-0.39, 0.29) is 23.0 Å². The smallest absolute Gasteiger partial charge is 0.335 e. The van der Waals surface area contributed by atoms with E-state index < -0.39 is 5.97 Å². The topological polar surface area (TPSA) is 70.0 Å². The molecular weight excluding hydrogens is 450 g/mol. The monoisotopic (exact) mass is 481 g/mol. The van der Waals surface area contributed by atoms with Gasteiger partial charge >= 0.3 is 5.97 Å². The molecule has 0 bridgehead atoms. The molecule has 3 aliphatic rings. The summed E-state index contributed by atoms with van der Waals surface area (Å²) in [6, 6.07) is 11.3. The van der Waals surface area contributed by atoms with Crippen LogP contribution in [0.1, 0.15) is 53.6 Å². The zero-order valence-corrected chi connectivity index (χ0v) is 20.1. The number of anilines is 1. The Balaban J connectivity index is 1.52. The molecule has 5 rings (SSSR count). The van der Waals surface area contributed by atoms with Crippen molar-refractivity contribution in [1.29, 1.82) is 0 Å². The Bertz CT molecular complexity index is 1100. The first kappa shape index (κ1) is 23.3. The number of aromatic carboxylic acids is 1. The fourth-order valence-electron chi connectivity index (χ4n) is 6.20. The molecule has 180 valence electrons. The SMILES string of the molecule is C=CCC(O)[C@@H]1CC[C@H]1CN1C[C@@]2(CCCc3cc(Cl)ccc32)COc2ccc(C(=O)O)cc21. The van der Waals surface area contributed by atoms with Crippen molar-refractivity contribution in [3.8, 4) is 5.75 Å². The number of nitrogens with zero attached hydrogens (tertiary/aromatic N) is 1. The van der Waals surface area contributed by atoms with Crippen molar-refractivity contribution in [3.63, 3.8) is 0 Å². The Morgan fingerprint density at radius 1 is 1.29 bits per heavy atom. The Hall–Kier alpha value is -2.50. The molecule has 4 atom stereocenters. The van der Waals surface area contributed by atoms with E-state index in [4.69, 9.17) is 16.3 Å². The van der Waals surface area contributed by atoms with Gasteiger partial charge in [0.05, 0.1) is 24.0 Å². The standard InChI is InChI=1S/C28H32ClNO4/c1-2-4-25(31)22-9-6-20(22)15-30-16-28(12-3-5-18-13-21(29)8-10-23(18)28)17-34-26-11-7-19(27(32)33)14-24(26)30/h2,7-8,10-11,13-14,20,22,25,31H,1,3-6,9,12,15-17H2,(H,32,33)/t20-,22+,25?,28-/m0/s1. The number of ether oxygens (including phenoxy) is 1. The maximum atomic E-state index is 11.8. The first-order chi connectivity index (χ1) is 16.4. The number of carbonyl (C=O) groups is 1. The summed E-state index contributed by atoms with van der Waals surface area (Å²) in [7, 11) is 0. The molecule has 0 saturated heterocycles. The highest BCUT2D eigenvalue weighted by Crippen LogP contribution is 2.46. The average molecular weight is 482 g/mol. The maximum Gasteiger partial charge on any atom is 0.335 e. The molecule has 0 amide bonds. The Morgan fingerprint density at radius 3 is 2.88 bits per heavy atom. The molecule has 1 saturated carbocycles. The van der Waals surface area contributed by atoms with Gasteiger partial charge in [0.2, 0.25) is 0 Å². The van der Waals surface area contributed by atoms with E-state index in [1.807, 2.05) is 6.07 Å². The summed E-state index contributed by atoms with van der Waals surface area (Å²) < 4.78 is 6.41. The van der Waals surface area contributed by atoms with Crippen LogP contribution in [0.15, 0.2) is 49.1 Å². The van der Waals surface area contributed by atoms with Crippen LogP contribution < -0.4 is 9.64 Å².